The Hall–Kier alpha value is -0.860. The van der Waals surface area contributed by atoms with Crippen LogP contribution in [0, 0.1) is 5.92 Å². The lowest BCUT2D eigenvalue weighted by atomic mass is 10.1. The number of hydrogen-bond acceptors (Lipinski definition) is 2. The summed E-state index contributed by atoms with van der Waals surface area (Å²) < 4.78 is 5.52. The molecule has 1 aromatic rings. The highest BCUT2D eigenvalue weighted by atomic mass is 16.5. The predicted molar refractivity (Wildman–Crippen MR) is 58.9 cm³/mol. The van der Waals surface area contributed by atoms with Gasteiger partial charge < -0.3 is 10.5 Å². The van der Waals surface area contributed by atoms with Crippen LogP contribution >= 0.6 is 0 Å². The molecule has 0 unspecified atom stereocenters. The van der Waals surface area contributed by atoms with Gasteiger partial charge in [-0.15, -0.1) is 0 Å². The normalized spacial score (nSPS) is 13.1. The van der Waals surface area contributed by atoms with E-state index in [1.165, 1.54) is 5.56 Å². The van der Waals surface area contributed by atoms with Crippen molar-refractivity contribution >= 4 is 0 Å². The van der Waals surface area contributed by atoms with E-state index in [-0.39, 0.29) is 6.04 Å². The van der Waals surface area contributed by atoms with Crippen LogP contribution in [0.4, 0.5) is 0 Å². The summed E-state index contributed by atoms with van der Waals surface area (Å²) in [6.07, 6.45) is 0. The summed E-state index contributed by atoms with van der Waals surface area (Å²) in [5, 5.41) is 0. The van der Waals surface area contributed by atoms with Gasteiger partial charge in [-0.25, -0.2) is 0 Å². The molecule has 1 rings (SSSR count). The molecule has 0 saturated heterocycles. The van der Waals surface area contributed by atoms with Crippen molar-refractivity contribution in [3.05, 3.63) is 35.9 Å². The summed E-state index contributed by atoms with van der Waals surface area (Å²) in [7, 11) is 0. The van der Waals surface area contributed by atoms with Crippen molar-refractivity contribution < 1.29 is 4.74 Å². The lowest BCUT2D eigenvalue weighted by Crippen LogP contribution is -2.31. The van der Waals surface area contributed by atoms with Gasteiger partial charge in [0.1, 0.15) is 0 Å². The highest BCUT2D eigenvalue weighted by Crippen LogP contribution is 2.03. The van der Waals surface area contributed by atoms with Gasteiger partial charge in [0, 0.05) is 6.04 Å². The van der Waals surface area contributed by atoms with Gasteiger partial charge in [-0.1, -0.05) is 44.2 Å². The molecule has 0 aromatic heterocycles. The first kappa shape index (κ1) is 11.2. The Morgan fingerprint density at radius 1 is 1.21 bits per heavy atom. The van der Waals surface area contributed by atoms with Crippen molar-refractivity contribution in [3.8, 4) is 0 Å². The molecule has 2 nitrogen and oxygen atoms in total. The standard InChI is InChI=1S/C12H19NO/c1-10(2)12(13)9-14-8-11-6-4-3-5-7-11/h3-7,10,12H,8-9,13H2,1-2H3/t12-/m1/s1. The second kappa shape index (κ2) is 5.78. The van der Waals surface area contributed by atoms with Crippen LogP contribution in [0.1, 0.15) is 19.4 Å². The van der Waals surface area contributed by atoms with E-state index in [0.717, 1.165) is 0 Å². The highest BCUT2D eigenvalue weighted by Gasteiger charge is 2.06. The Morgan fingerprint density at radius 3 is 2.43 bits per heavy atom. The molecule has 1 atom stereocenters. The van der Waals surface area contributed by atoms with Gasteiger partial charge in [0.05, 0.1) is 13.2 Å². The molecule has 0 aliphatic heterocycles. The van der Waals surface area contributed by atoms with Crippen molar-refractivity contribution in [3.63, 3.8) is 0 Å². The maximum absolute atomic E-state index is 5.86. The van der Waals surface area contributed by atoms with E-state index < -0.39 is 0 Å². The lowest BCUT2D eigenvalue weighted by molar-refractivity contribution is 0.0973. The fraction of sp³-hybridized carbons (Fsp3) is 0.500. The quantitative estimate of drug-likeness (QED) is 0.778. The Bertz CT molecular complexity index is 246. The molecule has 2 N–H and O–H groups in total. The minimum atomic E-state index is 0.138. The number of rotatable bonds is 5. The number of nitrogens with two attached hydrogens (primary N) is 1. The molecular formula is C12H19NO. The minimum Gasteiger partial charge on any atom is -0.375 e. The van der Waals surface area contributed by atoms with E-state index in [4.69, 9.17) is 10.5 Å². The van der Waals surface area contributed by atoms with Crippen LogP contribution in [0.15, 0.2) is 30.3 Å². The largest absolute Gasteiger partial charge is 0.375 e. The van der Waals surface area contributed by atoms with Crippen LogP contribution in [-0.4, -0.2) is 12.6 Å². The Kier molecular flexibility index (Phi) is 4.63. The second-order valence-corrected chi connectivity index (χ2v) is 3.91. The summed E-state index contributed by atoms with van der Waals surface area (Å²) in [6.45, 7) is 5.50. The van der Waals surface area contributed by atoms with Gasteiger partial charge in [0.15, 0.2) is 0 Å². The fourth-order valence-corrected chi connectivity index (χ4v) is 1.08. The lowest BCUT2D eigenvalue weighted by Gasteiger charge is -2.15. The van der Waals surface area contributed by atoms with Crippen molar-refractivity contribution in [1.29, 1.82) is 0 Å². The van der Waals surface area contributed by atoms with Crippen molar-refractivity contribution in [2.24, 2.45) is 11.7 Å². The van der Waals surface area contributed by atoms with E-state index in [2.05, 4.69) is 26.0 Å². The van der Waals surface area contributed by atoms with Crippen molar-refractivity contribution in [2.45, 2.75) is 26.5 Å². The zero-order valence-electron chi connectivity index (χ0n) is 8.94. The van der Waals surface area contributed by atoms with Crippen LogP contribution in [0.3, 0.4) is 0 Å². The monoisotopic (exact) mass is 193 g/mol. The van der Waals surface area contributed by atoms with Crippen molar-refractivity contribution in [1.82, 2.24) is 0 Å². The van der Waals surface area contributed by atoms with E-state index in [1.807, 2.05) is 18.2 Å². The van der Waals surface area contributed by atoms with Crippen molar-refractivity contribution in [2.75, 3.05) is 6.61 Å². The molecular weight excluding hydrogens is 174 g/mol. The SMILES string of the molecule is CC(C)[C@H](N)COCc1ccccc1. The molecule has 2 heteroatoms. The topological polar surface area (TPSA) is 35.2 Å². The van der Waals surface area contributed by atoms with Gasteiger partial charge in [-0.3, -0.25) is 0 Å². The molecule has 14 heavy (non-hydrogen) atoms. The Labute approximate surface area is 86.1 Å². The van der Waals surface area contributed by atoms with Crippen LogP contribution in [0.5, 0.6) is 0 Å². The average Bonchev–Trinajstić information content (AvgIpc) is 2.19. The maximum atomic E-state index is 5.86. The maximum Gasteiger partial charge on any atom is 0.0717 e. The molecule has 78 valence electrons. The third kappa shape index (κ3) is 3.90. The summed E-state index contributed by atoms with van der Waals surface area (Å²) in [6, 6.07) is 10.3. The first-order valence-electron chi connectivity index (χ1n) is 5.07. The van der Waals surface area contributed by atoms with Crippen LogP contribution < -0.4 is 5.73 Å². The van der Waals surface area contributed by atoms with E-state index in [0.29, 0.717) is 19.1 Å². The number of benzene rings is 1. The number of ether oxygens (including phenoxy) is 1. The molecule has 0 bridgehead atoms. The van der Waals surface area contributed by atoms with E-state index in [9.17, 15) is 0 Å². The van der Waals surface area contributed by atoms with Gasteiger partial charge >= 0.3 is 0 Å². The Morgan fingerprint density at radius 2 is 1.86 bits per heavy atom. The van der Waals surface area contributed by atoms with E-state index >= 15 is 0 Å². The minimum absolute atomic E-state index is 0.138. The molecule has 0 aliphatic rings. The first-order chi connectivity index (χ1) is 6.70. The van der Waals surface area contributed by atoms with E-state index in [1.54, 1.807) is 0 Å². The molecule has 0 aliphatic carbocycles. The summed E-state index contributed by atoms with van der Waals surface area (Å²) >= 11 is 0. The zero-order chi connectivity index (χ0) is 10.4. The highest BCUT2D eigenvalue weighted by molar-refractivity contribution is 5.13. The molecule has 0 fully saturated rings. The summed E-state index contributed by atoms with van der Waals surface area (Å²) in [5.41, 5.74) is 7.05. The first-order valence-corrected chi connectivity index (χ1v) is 5.07. The second-order valence-electron chi connectivity index (χ2n) is 3.91. The molecule has 0 saturated carbocycles. The van der Waals surface area contributed by atoms with Crippen LogP contribution in [0.2, 0.25) is 0 Å². The van der Waals surface area contributed by atoms with Crippen LogP contribution in [0.25, 0.3) is 0 Å². The van der Waals surface area contributed by atoms with Gasteiger partial charge in [0.25, 0.3) is 0 Å². The average molecular weight is 193 g/mol. The van der Waals surface area contributed by atoms with Gasteiger partial charge in [0.2, 0.25) is 0 Å². The summed E-state index contributed by atoms with van der Waals surface area (Å²) in [5.74, 6) is 0.478. The van der Waals surface area contributed by atoms with Crippen LogP contribution in [-0.2, 0) is 11.3 Å². The molecule has 0 radical (unpaired) electrons. The van der Waals surface area contributed by atoms with Gasteiger partial charge in [-0.05, 0) is 11.5 Å². The fourth-order valence-electron chi connectivity index (χ4n) is 1.08. The molecule has 1 aromatic carbocycles. The third-order valence-electron chi connectivity index (χ3n) is 2.28. The smallest absolute Gasteiger partial charge is 0.0717 e. The molecule has 0 amide bonds. The molecule has 0 spiro atoms. The third-order valence-corrected chi connectivity index (χ3v) is 2.28. The van der Waals surface area contributed by atoms with Gasteiger partial charge in [-0.2, -0.15) is 0 Å². The zero-order valence-corrected chi connectivity index (χ0v) is 8.94. The predicted octanol–water partition coefficient (Wildman–Crippen LogP) is 2.19. The molecule has 0 heterocycles. The Balaban J connectivity index is 2.22. The summed E-state index contributed by atoms with van der Waals surface area (Å²) in [4.78, 5) is 0. The number of hydrogen-bond donors (Lipinski definition) is 1.